The van der Waals surface area contributed by atoms with Gasteiger partial charge in [-0.05, 0) is 54.6 Å². The third-order valence-corrected chi connectivity index (χ3v) is 6.93. The van der Waals surface area contributed by atoms with Crippen LogP contribution < -0.4 is 5.32 Å². The van der Waals surface area contributed by atoms with E-state index in [0.29, 0.717) is 16.6 Å². The predicted molar refractivity (Wildman–Crippen MR) is 117 cm³/mol. The fourth-order valence-electron chi connectivity index (χ4n) is 3.19. The van der Waals surface area contributed by atoms with E-state index in [1.165, 1.54) is 18.3 Å². The van der Waals surface area contributed by atoms with Crippen molar-refractivity contribution in [1.29, 1.82) is 0 Å². The highest BCUT2D eigenvalue weighted by molar-refractivity contribution is 9.10. The van der Waals surface area contributed by atoms with Crippen LogP contribution in [-0.2, 0) is 21.2 Å². The molecule has 4 rings (SSSR count). The number of aromatic nitrogens is 1. The van der Waals surface area contributed by atoms with Gasteiger partial charge in [0.05, 0.1) is 9.79 Å². The first kappa shape index (κ1) is 20.3. The van der Waals surface area contributed by atoms with E-state index in [0.717, 1.165) is 16.6 Å². The summed E-state index contributed by atoms with van der Waals surface area (Å²) in [6.07, 6.45) is 1.45. The molecule has 1 N–H and O–H groups in total. The fourth-order valence-corrected chi connectivity index (χ4v) is 4.93. The van der Waals surface area contributed by atoms with Crippen LogP contribution in [0.15, 0.2) is 93.3 Å². The van der Waals surface area contributed by atoms with Gasteiger partial charge in [-0.15, -0.1) is 0 Å². The highest BCUT2D eigenvalue weighted by atomic mass is 79.9. The molecule has 152 valence electrons. The van der Waals surface area contributed by atoms with Crippen molar-refractivity contribution >= 4 is 48.3 Å². The SMILES string of the molecule is O=C(Cn1cc(S(=O)(=O)c2ccc(F)cc2)c2ccccc21)Nc1ccc(Br)cc1. The monoisotopic (exact) mass is 486 g/mol. The van der Waals surface area contributed by atoms with Crippen molar-refractivity contribution < 1.29 is 17.6 Å². The van der Waals surface area contributed by atoms with Gasteiger partial charge in [0.2, 0.25) is 15.7 Å². The smallest absolute Gasteiger partial charge is 0.244 e. The minimum Gasteiger partial charge on any atom is -0.337 e. The van der Waals surface area contributed by atoms with Gasteiger partial charge in [-0.1, -0.05) is 34.1 Å². The van der Waals surface area contributed by atoms with Gasteiger partial charge in [0.25, 0.3) is 0 Å². The number of nitrogens with zero attached hydrogens (tertiary/aromatic N) is 1. The first-order valence-corrected chi connectivity index (χ1v) is 11.3. The molecule has 0 saturated carbocycles. The number of hydrogen-bond acceptors (Lipinski definition) is 3. The lowest BCUT2D eigenvalue weighted by molar-refractivity contribution is -0.116. The normalized spacial score (nSPS) is 11.5. The molecule has 1 amide bonds. The molecule has 1 aromatic heterocycles. The number of carbonyl (C=O) groups excluding carboxylic acids is 1. The maximum Gasteiger partial charge on any atom is 0.244 e. The number of rotatable bonds is 5. The van der Waals surface area contributed by atoms with Crippen molar-refractivity contribution in [3.63, 3.8) is 0 Å². The number of halogens is 2. The van der Waals surface area contributed by atoms with Crippen molar-refractivity contribution in [3.05, 3.63) is 89.3 Å². The fraction of sp³-hybridized carbons (Fsp3) is 0.0455. The summed E-state index contributed by atoms with van der Waals surface area (Å²) in [5, 5.41) is 3.29. The summed E-state index contributed by atoms with van der Waals surface area (Å²) in [6, 6.07) is 18.8. The number of para-hydroxylation sites is 1. The van der Waals surface area contributed by atoms with Crippen LogP contribution in [0.3, 0.4) is 0 Å². The second-order valence-corrected chi connectivity index (χ2v) is 9.48. The van der Waals surface area contributed by atoms with E-state index in [1.54, 1.807) is 41.0 Å². The average Bonchev–Trinajstić information content (AvgIpc) is 3.09. The number of anilines is 1. The summed E-state index contributed by atoms with van der Waals surface area (Å²) in [5.74, 6) is -0.801. The second kappa shape index (κ2) is 8.04. The first-order chi connectivity index (χ1) is 14.3. The molecule has 0 saturated heterocycles. The van der Waals surface area contributed by atoms with Gasteiger partial charge in [0.1, 0.15) is 12.4 Å². The molecule has 4 aromatic rings. The molecule has 5 nitrogen and oxygen atoms in total. The zero-order valence-corrected chi connectivity index (χ0v) is 18.0. The van der Waals surface area contributed by atoms with Crippen molar-refractivity contribution in [3.8, 4) is 0 Å². The summed E-state index contributed by atoms with van der Waals surface area (Å²) >= 11 is 3.34. The average molecular weight is 487 g/mol. The summed E-state index contributed by atoms with van der Waals surface area (Å²) in [7, 11) is -3.89. The van der Waals surface area contributed by atoms with Gasteiger partial charge in [-0.2, -0.15) is 0 Å². The zero-order valence-electron chi connectivity index (χ0n) is 15.5. The van der Waals surface area contributed by atoms with Crippen LogP contribution >= 0.6 is 15.9 Å². The lowest BCUT2D eigenvalue weighted by Crippen LogP contribution is -2.18. The molecular weight excluding hydrogens is 471 g/mol. The standard InChI is InChI=1S/C22H16BrFN2O3S/c23-15-5-9-17(10-6-15)25-22(27)14-26-13-21(19-3-1-2-4-20(19)26)30(28,29)18-11-7-16(24)8-12-18/h1-13H,14H2,(H,25,27). The third-order valence-electron chi connectivity index (χ3n) is 4.61. The van der Waals surface area contributed by atoms with Crippen LogP contribution in [-0.4, -0.2) is 18.9 Å². The number of fused-ring (bicyclic) bond motifs is 1. The Bertz CT molecular complexity index is 1330. The quantitative estimate of drug-likeness (QED) is 0.403. The van der Waals surface area contributed by atoms with Crippen LogP contribution in [0.1, 0.15) is 0 Å². The summed E-state index contributed by atoms with van der Waals surface area (Å²) in [6.45, 7) is -0.0600. The van der Waals surface area contributed by atoms with Crippen molar-refractivity contribution in [2.45, 2.75) is 16.3 Å². The number of hydrogen-bond donors (Lipinski definition) is 1. The molecule has 0 radical (unpaired) electrons. The Morgan fingerprint density at radius 2 is 1.63 bits per heavy atom. The van der Waals surface area contributed by atoms with Crippen molar-refractivity contribution in [2.24, 2.45) is 0 Å². The molecule has 30 heavy (non-hydrogen) atoms. The molecule has 0 spiro atoms. The number of amides is 1. The first-order valence-electron chi connectivity index (χ1n) is 8.98. The van der Waals surface area contributed by atoms with Gasteiger partial charge >= 0.3 is 0 Å². The van der Waals surface area contributed by atoms with Crippen LogP contribution in [0.5, 0.6) is 0 Å². The second-order valence-electron chi connectivity index (χ2n) is 6.65. The predicted octanol–water partition coefficient (Wildman–Crippen LogP) is 5.01. The Hall–Kier alpha value is -2.97. The Morgan fingerprint density at radius 3 is 2.33 bits per heavy atom. The zero-order chi connectivity index (χ0) is 21.3. The van der Waals surface area contributed by atoms with Crippen molar-refractivity contribution in [1.82, 2.24) is 4.57 Å². The molecular formula is C22H16BrFN2O3S. The van der Waals surface area contributed by atoms with Gasteiger partial charge in [0.15, 0.2) is 0 Å². The molecule has 0 aliphatic heterocycles. The molecule has 3 aromatic carbocycles. The highest BCUT2D eigenvalue weighted by Gasteiger charge is 2.24. The minimum absolute atomic E-state index is 0.00822. The molecule has 8 heteroatoms. The third kappa shape index (κ3) is 4.01. The maximum absolute atomic E-state index is 13.2. The molecule has 0 bridgehead atoms. The summed E-state index contributed by atoms with van der Waals surface area (Å²) in [5.41, 5.74) is 1.25. The van der Waals surface area contributed by atoms with Gasteiger partial charge < -0.3 is 9.88 Å². The summed E-state index contributed by atoms with van der Waals surface area (Å²) in [4.78, 5) is 12.6. The highest BCUT2D eigenvalue weighted by Crippen LogP contribution is 2.30. The van der Waals surface area contributed by atoms with Crippen molar-refractivity contribution in [2.75, 3.05) is 5.32 Å². The lowest BCUT2D eigenvalue weighted by Gasteiger charge is -2.07. The van der Waals surface area contributed by atoms with Gasteiger partial charge in [0, 0.05) is 27.3 Å². The number of benzene rings is 3. The molecule has 0 aliphatic rings. The Labute approximate surface area is 181 Å². The van der Waals surface area contributed by atoms with E-state index >= 15 is 0 Å². The number of sulfone groups is 1. The number of carbonyl (C=O) groups is 1. The van der Waals surface area contributed by atoms with Crippen LogP contribution in [0, 0.1) is 5.82 Å². The summed E-state index contributed by atoms with van der Waals surface area (Å²) < 4.78 is 42.0. The molecule has 0 unspecified atom stereocenters. The minimum atomic E-state index is -3.89. The Balaban J connectivity index is 1.69. The molecule has 0 atom stereocenters. The maximum atomic E-state index is 13.2. The largest absolute Gasteiger partial charge is 0.337 e. The molecule has 1 heterocycles. The van der Waals surface area contributed by atoms with E-state index in [-0.39, 0.29) is 22.2 Å². The van der Waals surface area contributed by atoms with E-state index < -0.39 is 15.7 Å². The van der Waals surface area contributed by atoms with Gasteiger partial charge in [-0.3, -0.25) is 4.79 Å². The number of nitrogens with one attached hydrogen (secondary N) is 1. The Kier molecular flexibility index (Phi) is 5.44. The van der Waals surface area contributed by atoms with E-state index in [4.69, 9.17) is 0 Å². The van der Waals surface area contributed by atoms with E-state index in [2.05, 4.69) is 21.2 Å². The van der Waals surface area contributed by atoms with Crippen LogP contribution in [0.4, 0.5) is 10.1 Å². The molecule has 0 aliphatic carbocycles. The van der Waals surface area contributed by atoms with Crippen LogP contribution in [0.2, 0.25) is 0 Å². The lowest BCUT2D eigenvalue weighted by atomic mass is 10.2. The Morgan fingerprint density at radius 1 is 0.967 bits per heavy atom. The van der Waals surface area contributed by atoms with Gasteiger partial charge in [-0.25, -0.2) is 12.8 Å². The van der Waals surface area contributed by atoms with E-state index in [9.17, 15) is 17.6 Å². The van der Waals surface area contributed by atoms with E-state index in [1.807, 2.05) is 12.1 Å². The molecule has 0 fully saturated rings. The van der Waals surface area contributed by atoms with Crippen LogP contribution in [0.25, 0.3) is 10.9 Å². The topological polar surface area (TPSA) is 68.2 Å².